The van der Waals surface area contributed by atoms with Crippen LogP contribution in [-0.2, 0) is 5.88 Å². The fourth-order valence-corrected chi connectivity index (χ4v) is 3.12. The lowest BCUT2D eigenvalue weighted by Gasteiger charge is -2.25. The van der Waals surface area contributed by atoms with Crippen molar-refractivity contribution in [1.29, 1.82) is 0 Å². The zero-order valence-electron chi connectivity index (χ0n) is 11.2. The third kappa shape index (κ3) is 2.57. The van der Waals surface area contributed by atoms with E-state index in [0.29, 0.717) is 5.88 Å². The minimum absolute atomic E-state index is 0.511. The van der Waals surface area contributed by atoms with Crippen LogP contribution in [0.1, 0.15) is 37.8 Å². The molecule has 1 fully saturated rings. The first-order chi connectivity index (χ1) is 9.40. The molecule has 0 unspecified atom stereocenters. The van der Waals surface area contributed by atoms with E-state index in [1.807, 2.05) is 24.4 Å². The molecule has 0 saturated carbocycles. The fraction of sp³-hybridized carbons (Fsp3) is 0.533. The van der Waals surface area contributed by atoms with Crippen molar-refractivity contribution in [3.63, 3.8) is 0 Å². The summed E-state index contributed by atoms with van der Waals surface area (Å²) in [5.74, 6) is 1.60. The molecule has 3 nitrogen and oxygen atoms in total. The molecule has 0 amide bonds. The molecule has 3 rings (SSSR count). The Bertz CT molecular complexity index is 541. The Kier molecular flexibility index (Phi) is 3.92. The Morgan fingerprint density at radius 2 is 1.79 bits per heavy atom. The summed E-state index contributed by atoms with van der Waals surface area (Å²) in [6.07, 6.45) is 8.61. The summed E-state index contributed by atoms with van der Waals surface area (Å²) in [6.45, 7) is 2.21. The molecular weight excluding hydrogens is 258 g/mol. The largest absolute Gasteiger partial charge is 0.355 e. The van der Waals surface area contributed by atoms with Crippen LogP contribution in [0.15, 0.2) is 24.4 Å². The van der Waals surface area contributed by atoms with Crippen LogP contribution >= 0.6 is 11.6 Å². The maximum Gasteiger partial charge on any atom is 0.152 e. The van der Waals surface area contributed by atoms with E-state index >= 15 is 0 Å². The molecule has 0 bridgehead atoms. The Labute approximate surface area is 119 Å². The third-order valence-corrected chi connectivity index (χ3v) is 4.14. The number of aromatic nitrogens is 2. The number of fused-ring (bicyclic) bond motifs is 1. The van der Waals surface area contributed by atoms with Crippen molar-refractivity contribution in [2.24, 2.45) is 0 Å². The first-order valence-electron chi connectivity index (χ1n) is 7.17. The molecule has 1 aliphatic rings. The first kappa shape index (κ1) is 12.8. The van der Waals surface area contributed by atoms with Crippen molar-refractivity contribution in [3.05, 3.63) is 30.1 Å². The average Bonchev–Trinajstić information content (AvgIpc) is 2.76. The first-order valence-corrected chi connectivity index (χ1v) is 7.70. The maximum atomic E-state index is 6.16. The van der Waals surface area contributed by atoms with Crippen LogP contribution in [-0.4, -0.2) is 22.5 Å². The van der Waals surface area contributed by atoms with Crippen molar-refractivity contribution >= 4 is 23.1 Å². The second-order valence-electron chi connectivity index (χ2n) is 5.20. The van der Waals surface area contributed by atoms with Gasteiger partial charge in [0.2, 0.25) is 0 Å². The Balaban J connectivity index is 1.97. The van der Waals surface area contributed by atoms with Gasteiger partial charge in [-0.05, 0) is 25.0 Å². The molecular formula is C15H20ClN3. The Morgan fingerprint density at radius 3 is 2.53 bits per heavy atom. The number of pyridine rings is 1. The normalized spacial score (nSPS) is 17.4. The maximum absolute atomic E-state index is 6.16. The smallest absolute Gasteiger partial charge is 0.152 e. The summed E-state index contributed by atoms with van der Waals surface area (Å²) < 4.78 is 2.11. The molecule has 4 heteroatoms. The second-order valence-corrected chi connectivity index (χ2v) is 5.47. The summed E-state index contributed by atoms with van der Waals surface area (Å²) >= 11 is 6.16. The van der Waals surface area contributed by atoms with Gasteiger partial charge in [-0.1, -0.05) is 25.3 Å². The molecule has 0 radical (unpaired) electrons. The number of rotatable bonds is 2. The fourth-order valence-electron chi connectivity index (χ4n) is 2.87. The highest BCUT2D eigenvalue weighted by atomic mass is 35.5. The van der Waals surface area contributed by atoms with E-state index in [2.05, 4.69) is 9.30 Å². The number of halogens is 1. The highest BCUT2D eigenvalue weighted by Gasteiger charge is 2.18. The van der Waals surface area contributed by atoms with E-state index in [9.17, 15) is 0 Å². The van der Waals surface area contributed by atoms with Gasteiger partial charge in [0.1, 0.15) is 5.65 Å². The average molecular weight is 278 g/mol. The molecule has 2 aromatic heterocycles. The highest BCUT2D eigenvalue weighted by molar-refractivity contribution is 6.17. The lowest BCUT2D eigenvalue weighted by Crippen LogP contribution is -2.28. The number of nitrogens with zero attached hydrogens (tertiary/aromatic N) is 3. The third-order valence-electron chi connectivity index (χ3n) is 3.89. The van der Waals surface area contributed by atoms with Crippen molar-refractivity contribution in [3.8, 4) is 0 Å². The monoisotopic (exact) mass is 277 g/mol. The van der Waals surface area contributed by atoms with Gasteiger partial charge in [-0.3, -0.25) is 0 Å². The summed E-state index contributed by atoms with van der Waals surface area (Å²) in [5, 5.41) is 0. The van der Waals surface area contributed by atoms with Gasteiger partial charge in [0.15, 0.2) is 5.82 Å². The molecule has 0 aliphatic carbocycles. The summed E-state index contributed by atoms with van der Waals surface area (Å²) in [5.41, 5.74) is 2.12. The number of anilines is 1. The summed E-state index contributed by atoms with van der Waals surface area (Å²) in [6, 6.07) is 6.10. The Morgan fingerprint density at radius 1 is 1.05 bits per heavy atom. The molecule has 0 aromatic carbocycles. The predicted octanol–water partition coefficient (Wildman–Crippen LogP) is 3.84. The van der Waals surface area contributed by atoms with Gasteiger partial charge in [0.25, 0.3) is 0 Å². The van der Waals surface area contributed by atoms with Gasteiger partial charge < -0.3 is 9.30 Å². The SMILES string of the molecule is ClCc1c(N2CCCCCCC2)nc2ccccn12. The number of alkyl halides is 1. The predicted molar refractivity (Wildman–Crippen MR) is 80.0 cm³/mol. The zero-order chi connectivity index (χ0) is 13.1. The van der Waals surface area contributed by atoms with E-state index in [4.69, 9.17) is 16.6 Å². The van der Waals surface area contributed by atoms with Gasteiger partial charge >= 0.3 is 0 Å². The van der Waals surface area contributed by atoms with Crippen LogP contribution in [0.2, 0.25) is 0 Å². The molecule has 0 atom stereocenters. The van der Waals surface area contributed by atoms with Crippen molar-refractivity contribution in [1.82, 2.24) is 9.38 Å². The molecule has 1 aliphatic heterocycles. The van der Waals surface area contributed by atoms with E-state index in [1.165, 1.54) is 32.1 Å². The van der Waals surface area contributed by atoms with E-state index in [0.717, 1.165) is 30.2 Å². The van der Waals surface area contributed by atoms with Crippen LogP contribution in [0.4, 0.5) is 5.82 Å². The van der Waals surface area contributed by atoms with Gasteiger partial charge in [-0.25, -0.2) is 4.98 Å². The van der Waals surface area contributed by atoms with Crippen LogP contribution < -0.4 is 4.90 Å². The van der Waals surface area contributed by atoms with E-state index in [-0.39, 0.29) is 0 Å². The molecule has 1 saturated heterocycles. The quantitative estimate of drug-likeness (QED) is 0.778. The Hall–Kier alpha value is -1.22. The van der Waals surface area contributed by atoms with Crippen LogP contribution in [0.3, 0.4) is 0 Å². The van der Waals surface area contributed by atoms with Gasteiger partial charge in [-0.15, -0.1) is 11.6 Å². The lowest BCUT2D eigenvalue weighted by molar-refractivity contribution is 0.553. The van der Waals surface area contributed by atoms with Crippen LogP contribution in [0.25, 0.3) is 5.65 Å². The molecule has 0 spiro atoms. The molecule has 102 valence electrons. The topological polar surface area (TPSA) is 20.5 Å². The number of hydrogen-bond donors (Lipinski definition) is 0. The van der Waals surface area contributed by atoms with Crippen molar-refractivity contribution < 1.29 is 0 Å². The molecule has 3 heterocycles. The minimum Gasteiger partial charge on any atom is -0.355 e. The van der Waals surface area contributed by atoms with Gasteiger partial charge in [0.05, 0.1) is 11.6 Å². The van der Waals surface area contributed by atoms with E-state index in [1.54, 1.807) is 0 Å². The van der Waals surface area contributed by atoms with E-state index < -0.39 is 0 Å². The zero-order valence-corrected chi connectivity index (χ0v) is 11.9. The molecule has 19 heavy (non-hydrogen) atoms. The van der Waals surface area contributed by atoms with Gasteiger partial charge in [-0.2, -0.15) is 0 Å². The highest BCUT2D eigenvalue weighted by Crippen LogP contribution is 2.25. The summed E-state index contributed by atoms with van der Waals surface area (Å²) in [4.78, 5) is 7.20. The van der Waals surface area contributed by atoms with Gasteiger partial charge in [0, 0.05) is 19.3 Å². The second kappa shape index (κ2) is 5.83. The van der Waals surface area contributed by atoms with Crippen molar-refractivity contribution in [2.75, 3.05) is 18.0 Å². The molecule has 0 N–H and O–H groups in total. The number of hydrogen-bond acceptors (Lipinski definition) is 2. The summed E-state index contributed by atoms with van der Waals surface area (Å²) in [7, 11) is 0. The van der Waals surface area contributed by atoms with Crippen LogP contribution in [0, 0.1) is 0 Å². The van der Waals surface area contributed by atoms with Crippen molar-refractivity contribution in [2.45, 2.75) is 38.0 Å². The standard InChI is InChI=1S/C15H20ClN3/c16-12-13-15(17-14-8-4-7-11-19(13)14)18-9-5-2-1-3-6-10-18/h4,7-8,11H,1-3,5-6,9-10,12H2. The number of imidazole rings is 1. The van der Waals surface area contributed by atoms with Crippen LogP contribution in [0.5, 0.6) is 0 Å². The minimum atomic E-state index is 0.511. The lowest BCUT2D eigenvalue weighted by atomic mass is 10.1. The molecule has 2 aromatic rings.